The summed E-state index contributed by atoms with van der Waals surface area (Å²) in [5, 5.41) is 13.8. The van der Waals surface area contributed by atoms with Crippen LogP contribution in [0.4, 0.5) is 10.5 Å². The molecule has 2 atom stereocenters. The van der Waals surface area contributed by atoms with Gasteiger partial charge in [0.15, 0.2) is 5.69 Å². The highest BCUT2D eigenvalue weighted by atomic mass is 32.2. The molecular weight excluding hydrogens is 338 g/mol. The second-order valence-corrected chi connectivity index (χ2v) is 7.81. The van der Waals surface area contributed by atoms with E-state index < -0.39 is 5.91 Å². The van der Waals surface area contributed by atoms with Crippen molar-refractivity contribution >= 4 is 40.3 Å². The van der Waals surface area contributed by atoms with Gasteiger partial charge in [-0.05, 0) is 43.2 Å². The van der Waals surface area contributed by atoms with E-state index in [0.717, 1.165) is 25.0 Å². The number of rotatable bonds is 5. The normalized spacial score (nSPS) is 20.4. The van der Waals surface area contributed by atoms with Crippen LogP contribution in [0, 0.1) is 0 Å². The highest BCUT2D eigenvalue weighted by Crippen LogP contribution is 2.28. The number of aromatic nitrogens is 2. The predicted octanol–water partition coefficient (Wildman–Crippen LogP) is 2.85. The van der Waals surface area contributed by atoms with E-state index in [1.54, 1.807) is 18.2 Å². The molecule has 1 aromatic carbocycles. The molecule has 1 fully saturated rings. The summed E-state index contributed by atoms with van der Waals surface area (Å²) in [7, 11) is 0. The van der Waals surface area contributed by atoms with E-state index in [9.17, 15) is 9.59 Å². The molecule has 0 unspecified atom stereocenters. The Hall–Kier alpha value is -2.22. The van der Waals surface area contributed by atoms with E-state index in [1.807, 2.05) is 11.8 Å². The zero-order valence-electron chi connectivity index (χ0n) is 14.2. The summed E-state index contributed by atoms with van der Waals surface area (Å²) in [6, 6.07) is 5.21. The minimum atomic E-state index is -0.602. The minimum absolute atomic E-state index is 0.172. The van der Waals surface area contributed by atoms with Crippen LogP contribution in [0.1, 0.15) is 43.1 Å². The fourth-order valence-electron chi connectivity index (χ4n) is 3.30. The first-order valence-corrected chi connectivity index (χ1v) is 9.58. The molecule has 1 aromatic heterocycles. The van der Waals surface area contributed by atoms with Gasteiger partial charge in [0, 0.05) is 22.4 Å². The lowest BCUT2D eigenvalue weighted by Crippen LogP contribution is -2.41. The molecule has 0 radical (unpaired) electrons. The summed E-state index contributed by atoms with van der Waals surface area (Å²) in [4.78, 5) is 23.7. The minimum Gasteiger partial charge on any atom is -0.364 e. The van der Waals surface area contributed by atoms with Gasteiger partial charge >= 0.3 is 6.03 Å². The molecular formula is C17H23N5O2S. The van der Waals surface area contributed by atoms with Crippen LogP contribution in [0.5, 0.6) is 0 Å². The number of carbonyl (C=O) groups is 2. The van der Waals surface area contributed by atoms with Crippen molar-refractivity contribution in [1.29, 1.82) is 0 Å². The quantitative estimate of drug-likeness (QED) is 0.656. The Bertz CT molecular complexity index is 773. The Kier molecular flexibility index (Phi) is 5.47. The lowest BCUT2D eigenvalue weighted by Gasteiger charge is -2.29. The van der Waals surface area contributed by atoms with Crippen molar-refractivity contribution in [2.45, 2.75) is 43.9 Å². The largest absolute Gasteiger partial charge is 0.364 e. The summed E-state index contributed by atoms with van der Waals surface area (Å²) < 4.78 is 0. The Morgan fingerprint density at radius 3 is 3.00 bits per heavy atom. The zero-order valence-corrected chi connectivity index (χ0v) is 15.0. The third-order valence-corrected chi connectivity index (χ3v) is 5.65. The number of hydrogen-bond acceptors (Lipinski definition) is 4. The van der Waals surface area contributed by atoms with Crippen molar-refractivity contribution in [2.75, 3.05) is 11.1 Å². The van der Waals surface area contributed by atoms with Gasteiger partial charge in [-0.15, -0.1) is 0 Å². The number of aromatic amines is 1. The first-order chi connectivity index (χ1) is 12.1. The molecule has 0 saturated heterocycles. The summed E-state index contributed by atoms with van der Waals surface area (Å²) in [6.45, 7) is 2.17. The van der Waals surface area contributed by atoms with Crippen molar-refractivity contribution in [3.05, 3.63) is 23.9 Å². The molecule has 8 heteroatoms. The fourth-order valence-corrected chi connectivity index (χ4v) is 4.47. The third kappa shape index (κ3) is 4.25. The number of anilines is 1. The van der Waals surface area contributed by atoms with Gasteiger partial charge in [-0.3, -0.25) is 9.89 Å². The van der Waals surface area contributed by atoms with E-state index in [4.69, 9.17) is 5.73 Å². The van der Waals surface area contributed by atoms with Crippen LogP contribution in [0.25, 0.3) is 10.9 Å². The average molecular weight is 361 g/mol. The number of carbonyl (C=O) groups excluding carboxylic acids is 2. The van der Waals surface area contributed by atoms with E-state index in [1.165, 1.54) is 6.42 Å². The van der Waals surface area contributed by atoms with Gasteiger partial charge in [0.1, 0.15) is 0 Å². The fraction of sp³-hybridized carbons (Fsp3) is 0.471. The van der Waals surface area contributed by atoms with Crippen molar-refractivity contribution < 1.29 is 9.59 Å². The van der Waals surface area contributed by atoms with Gasteiger partial charge in [-0.1, -0.05) is 13.3 Å². The second kappa shape index (κ2) is 7.77. The highest BCUT2D eigenvalue weighted by molar-refractivity contribution is 7.99. The second-order valence-electron chi connectivity index (χ2n) is 6.24. The van der Waals surface area contributed by atoms with Gasteiger partial charge in [0.25, 0.3) is 5.91 Å². The van der Waals surface area contributed by atoms with Crippen LogP contribution in [0.2, 0.25) is 0 Å². The summed E-state index contributed by atoms with van der Waals surface area (Å²) in [5.41, 5.74) is 6.79. The number of amides is 3. The molecule has 1 heterocycles. The van der Waals surface area contributed by atoms with Crippen LogP contribution in [-0.4, -0.2) is 39.2 Å². The molecule has 3 rings (SSSR count). The Morgan fingerprint density at radius 1 is 1.40 bits per heavy atom. The van der Waals surface area contributed by atoms with E-state index in [2.05, 4.69) is 27.8 Å². The van der Waals surface area contributed by atoms with E-state index in [-0.39, 0.29) is 17.8 Å². The van der Waals surface area contributed by atoms with Gasteiger partial charge in [0.05, 0.1) is 5.52 Å². The Morgan fingerprint density at radius 2 is 2.24 bits per heavy atom. The maximum atomic E-state index is 12.3. The van der Waals surface area contributed by atoms with E-state index in [0.29, 0.717) is 21.8 Å². The number of urea groups is 1. The monoisotopic (exact) mass is 361 g/mol. The van der Waals surface area contributed by atoms with Gasteiger partial charge in [0.2, 0.25) is 0 Å². The van der Waals surface area contributed by atoms with Crippen LogP contribution in [-0.2, 0) is 0 Å². The number of hydrogen-bond donors (Lipinski definition) is 4. The smallest absolute Gasteiger partial charge is 0.319 e. The first-order valence-electron chi connectivity index (χ1n) is 8.54. The zero-order chi connectivity index (χ0) is 17.8. The number of nitrogens with two attached hydrogens (primary N) is 1. The van der Waals surface area contributed by atoms with Crippen molar-refractivity contribution in [2.24, 2.45) is 5.73 Å². The van der Waals surface area contributed by atoms with Crippen LogP contribution < -0.4 is 16.4 Å². The summed E-state index contributed by atoms with van der Waals surface area (Å²) in [5.74, 6) is 0.505. The first kappa shape index (κ1) is 17.6. The molecule has 7 nitrogen and oxygen atoms in total. The molecule has 3 amide bonds. The maximum Gasteiger partial charge on any atom is 0.319 e. The van der Waals surface area contributed by atoms with Crippen molar-refractivity contribution in [3.63, 3.8) is 0 Å². The molecule has 25 heavy (non-hydrogen) atoms. The number of H-pyrrole nitrogens is 1. The number of nitrogens with one attached hydrogen (secondary N) is 3. The standard InChI is InChI=1S/C17H23N5O2S/c1-2-25-12-5-3-4-10(8-12)19-17(24)20-11-6-7-14-13(9-11)15(16(18)23)22-21-14/h6-7,9-10,12H,2-5,8H2,1H3,(H2,18,23)(H,21,22)(H2,19,20,24)/t10-,12-/m1/s1. The lowest BCUT2D eigenvalue weighted by atomic mass is 9.95. The van der Waals surface area contributed by atoms with Crippen molar-refractivity contribution in [3.8, 4) is 0 Å². The predicted molar refractivity (Wildman–Crippen MR) is 101 cm³/mol. The van der Waals surface area contributed by atoms with Gasteiger partial charge < -0.3 is 16.4 Å². The van der Waals surface area contributed by atoms with Crippen LogP contribution in [0.15, 0.2) is 18.2 Å². The Labute approximate surface area is 150 Å². The number of nitrogens with zero attached hydrogens (tertiary/aromatic N) is 1. The highest BCUT2D eigenvalue weighted by Gasteiger charge is 2.23. The number of thioether (sulfide) groups is 1. The van der Waals surface area contributed by atoms with Gasteiger partial charge in [-0.2, -0.15) is 16.9 Å². The number of benzene rings is 1. The average Bonchev–Trinajstić information content (AvgIpc) is 2.98. The topological polar surface area (TPSA) is 113 Å². The molecule has 0 spiro atoms. The Balaban J connectivity index is 1.63. The molecule has 2 aromatic rings. The summed E-state index contributed by atoms with van der Waals surface area (Å²) in [6.07, 6.45) is 4.40. The van der Waals surface area contributed by atoms with Crippen LogP contribution in [0.3, 0.4) is 0 Å². The maximum absolute atomic E-state index is 12.3. The molecule has 1 aliphatic rings. The molecule has 0 aliphatic heterocycles. The van der Waals surface area contributed by atoms with Crippen LogP contribution >= 0.6 is 11.8 Å². The molecule has 1 saturated carbocycles. The lowest BCUT2D eigenvalue weighted by molar-refractivity contribution is 0.0997. The van der Waals surface area contributed by atoms with E-state index >= 15 is 0 Å². The molecule has 0 bridgehead atoms. The summed E-state index contributed by atoms with van der Waals surface area (Å²) >= 11 is 1.97. The number of primary amides is 1. The molecule has 5 N–H and O–H groups in total. The SMILES string of the molecule is CCS[C@@H]1CCC[C@@H](NC(=O)Nc2ccc3[nH]nc(C(N)=O)c3c2)C1. The van der Waals surface area contributed by atoms with Gasteiger partial charge in [-0.25, -0.2) is 4.79 Å². The molecule has 1 aliphatic carbocycles. The number of fused-ring (bicyclic) bond motifs is 1. The van der Waals surface area contributed by atoms with Crippen molar-refractivity contribution in [1.82, 2.24) is 15.5 Å². The third-order valence-electron chi connectivity index (χ3n) is 4.42. The molecule has 134 valence electrons.